The summed E-state index contributed by atoms with van der Waals surface area (Å²) in [6, 6.07) is 5.47. The molecule has 0 aromatic heterocycles. The molecule has 1 aromatic carbocycles. The van der Waals surface area contributed by atoms with Gasteiger partial charge in [0.15, 0.2) is 0 Å². The van der Waals surface area contributed by atoms with Gasteiger partial charge in [0.2, 0.25) is 0 Å². The second-order valence-corrected chi connectivity index (χ2v) is 5.89. The topological polar surface area (TPSA) is 48.0 Å². The maximum atomic E-state index is 11.7. The molecule has 0 atom stereocenters. The number of ether oxygens (including phenoxy) is 3. The normalized spacial score (nSPS) is 15.5. The lowest BCUT2D eigenvalue weighted by atomic mass is 10.1. The molecule has 0 amide bonds. The molecule has 1 saturated heterocycles. The zero-order valence-electron chi connectivity index (χ0n) is 12.8. The number of halogens is 1. The van der Waals surface area contributed by atoms with Crippen LogP contribution in [-0.4, -0.2) is 56.2 Å². The van der Waals surface area contributed by atoms with Gasteiger partial charge in [0.25, 0.3) is 0 Å². The Morgan fingerprint density at radius 3 is 2.82 bits per heavy atom. The van der Waals surface area contributed by atoms with Crippen molar-refractivity contribution >= 4 is 21.9 Å². The van der Waals surface area contributed by atoms with Gasteiger partial charge < -0.3 is 14.2 Å². The third-order valence-electron chi connectivity index (χ3n) is 3.51. The number of alkyl halides is 1. The summed E-state index contributed by atoms with van der Waals surface area (Å²) in [6.07, 6.45) is 0.940. The van der Waals surface area contributed by atoms with Gasteiger partial charge in [-0.25, -0.2) is 4.79 Å². The third kappa shape index (κ3) is 4.97. The van der Waals surface area contributed by atoms with Crippen LogP contribution < -0.4 is 4.74 Å². The molecule has 0 bridgehead atoms. The predicted octanol–water partition coefficient (Wildman–Crippen LogP) is 2.47. The summed E-state index contributed by atoms with van der Waals surface area (Å²) < 4.78 is 16.0. The Labute approximate surface area is 139 Å². The first-order valence-electron chi connectivity index (χ1n) is 7.44. The number of nitrogens with zero attached hydrogens (tertiary/aromatic N) is 1. The van der Waals surface area contributed by atoms with Crippen molar-refractivity contribution in [2.75, 3.05) is 45.4 Å². The van der Waals surface area contributed by atoms with Crippen molar-refractivity contribution in [1.82, 2.24) is 4.90 Å². The summed E-state index contributed by atoms with van der Waals surface area (Å²) in [4.78, 5) is 14.0. The summed E-state index contributed by atoms with van der Waals surface area (Å²) in [6.45, 7) is 4.68. The van der Waals surface area contributed by atoms with Crippen LogP contribution in [0.5, 0.6) is 5.75 Å². The molecule has 1 fully saturated rings. The summed E-state index contributed by atoms with van der Waals surface area (Å²) >= 11 is 3.40. The molecule has 6 heteroatoms. The van der Waals surface area contributed by atoms with Crippen molar-refractivity contribution in [3.63, 3.8) is 0 Å². The van der Waals surface area contributed by atoms with Crippen molar-refractivity contribution in [1.29, 1.82) is 0 Å². The fourth-order valence-corrected chi connectivity index (χ4v) is 2.55. The molecule has 0 radical (unpaired) electrons. The molecule has 1 aliphatic rings. The second kappa shape index (κ2) is 9.12. The molecule has 122 valence electrons. The van der Waals surface area contributed by atoms with E-state index in [0.29, 0.717) is 12.2 Å². The predicted molar refractivity (Wildman–Crippen MR) is 87.8 cm³/mol. The number of hydrogen-bond acceptors (Lipinski definition) is 5. The zero-order valence-corrected chi connectivity index (χ0v) is 14.4. The molecule has 5 nitrogen and oxygen atoms in total. The van der Waals surface area contributed by atoms with E-state index in [2.05, 4.69) is 20.8 Å². The highest BCUT2D eigenvalue weighted by atomic mass is 79.9. The second-order valence-electron chi connectivity index (χ2n) is 5.09. The lowest BCUT2D eigenvalue weighted by molar-refractivity contribution is 0.0337. The summed E-state index contributed by atoms with van der Waals surface area (Å²) in [5.41, 5.74) is 1.57. The number of rotatable bonds is 7. The van der Waals surface area contributed by atoms with Gasteiger partial charge >= 0.3 is 5.97 Å². The zero-order chi connectivity index (χ0) is 15.8. The van der Waals surface area contributed by atoms with E-state index in [1.54, 1.807) is 6.07 Å². The molecule has 2 rings (SSSR count). The highest BCUT2D eigenvalue weighted by Crippen LogP contribution is 2.23. The van der Waals surface area contributed by atoms with Crippen LogP contribution in [0.3, 0.4) is 0 Å². The van der Waals surface area contributed by atoms with Gasteiger partial charge in [-0.15, -0.1) is 0 Å². The van der Waals surface area contributed by atoms with E-state index >= 15 is 0 Å². The Balaban J connectivity index is 2.13. The van der Waals surface area contributed by atoms with Crippen molar-refractivity contribution in [3.8, 4) is 5.75 Å². The SMILES string of the molecule is COC(=O)c1ccc(OCCCBr)c(CN2CCOCC2)c1. The molecular formula is C16H22BrNO4. The first kappa shape index (κ1) is 17.2. The van der Waals surface area contributed by atoms with Gasteiger partial charge in [-0.1, -0.05) is 15.9 Å². The van der Waals surface area contributed by atoms with Gasteiger partial charge in [0, 0.05) is 30.5 Å². The van der Waals surface area contributed by atoms with Gasteiger partial charge in [0.1, 0.15) is 5.75 Å². The van der Waals surface area contributed by atoms with Crippen LogP contribution in [-0.2, 0) is 16.0 Å². The molecular weight excluding hydrogens is 350 g/mol. The average Bonchev–Trinajstić information content (AvgIpc) is 2.56. The third-order valence-corrected chi connectivity index (χ3v) is 4.08. The Bertz CT molecular complexity index is 489. The molecule has 1 heterocycles. The monoisotopic (exact) mass is 371 g/mol. The number of carbonyl (C=O) groups excluding carboxylic acids is 1. The molecule has 0 N–H and O–H groups in total. The molecule has 0 spiro atoms. The minimum Gasteiger partial charge on any atom is -0.493 e. The van der Waals surface area contributed by atoms with Gasteiger partial charge in [-0.05, 0) is 24.6 Å². The quantitative estimate of drug-likeness (QED) is 0.418. The molecule has 22 heavy (non-hydrogen) atoms. The van der Waals surface area contributed by atoms with Gasteiger partial charge in [-0.2, -0.15) is 0 Å². The van der Waals surface area contributed by atoms with Gasteiger partial charge in [-0.3, -0.25) is 4.90 Å². The number of benzene rings is 1. The first-order valence-corrected chi connectivity index (χ1v) is 8.57. The van der Waals surface area contributed by atoms with Crippen molar-refractivity contribution in [3.05, 3.63) is 29.3 Å². The Morgan fingerprint density at radius 1 is 1.36 bits per heavy atom. The minimum absolute atomic E-state index is 0.324. The molecule has 0 unspecified atom stereocenters. The van der Waals surface area contributed by atoms with E-state index in [-0.39, 0.29) is 5.97 Å². The summed E-state index contributed by atoms with van der Waals surface area (Å²) in [5, 5.41) is 0.909. The van der Waals surface area contributed by atoms with Crippen LogP contribution in [0.1, 0.15) is 22.3 Å². The highest BCUT2D eigenvalue weighted by Gasteiger charge is 2.16. The van der Waals surface area contributed by atoms with E-state index in [1.165, 1.54) is 7.11 Å². The van der Waals surface area contributed by atoms with Crippen LogP contribution in [0.15, 0.2) is 18.2 Å². The smallest absolute Gasteiger partial charge is 0.337 e. The maximum absolute atomic E-state index is 11.7. The number of esters is 1. The van der Waals surface area contributed by atoms with Gasteiger partial charge in [0.05, 0.1) is 32.5 Å². The number of hydrogen-bond donors (Lipinski definition) is 0. The highest BCUT2D eigenvalue weighted by molar-refractivity contribution is 9.09. The Hall–Kier alpha value is -1.11. The van der Waals surface area contributed by atoms with E-state index in [9.17, 15) is 4.79 Å². The average molecular weight is 372 g/mol. The van der Waals surface area contributed by atoms with Crippen LogP contribution in [0.4, 0.5) is 0 Å². The summed E-state index contributed by atoms with van der Waals surface area (Å²) in [5.74, 6) is 0.510. The van der Waals surface area contributed by atoms with Crippen LogP contribution >= 0.6 is 15.9 Å². The minimum atomic E-state index is -0.324. The number of morpholine rings is 1. The van der Waals surface area contributed by atoms with Crippen LogP contribution in [0.25, 0.3) is 0 Å². The molecule has 0 aliphatic carbocycles. The largest absolute Gasteiger partial charge is 0.493 e. The van der Waals surface area contributed by atoms with Crippen molar-refractivity contribution < 1.29 is 19.0 Å². The van der Waals surface area contributed by atoms with Crippen LogP contribution in [0, 0.1) is 0 Å². The van der Waals surface area contributed by atoms with E-state index in [1.807, 2.05) is 12.1 Å². The fourth-order valence-electron chi connectivity index (χ4n) is 2.33. The maximum Gasteiger partial charge on any atom is 0.337 e. The first-order chi connectivity index (χ1) is 10.7. The van der Waals surface area contributed by atoms with Crippen molar-refractivity contribution in [2.45, 2.75) is 13.0 Å². The number of carbonyl (C=O) groups is 1. The molecule has 1 aromatic rings. The molecule has 1 aliphatic heterocycles. The van der Waals surface area contributed by atoms with E-state index in [4.69, 9.17) is 14.2 Å². The van der Waals surface area contributed by atoms with Crippen molar-refractivity contribution in [2.24, 2.45) is 0 Å². The van der Waals surface area contributed by atoms with E-state index < -0.39 is 0 Å². The van der Waals surface area contributed by atoms with E-state index in [0.717, 1.165) is 55.9 Å². The standard InChI is InChI=1S/C16H22BrNO4/c1-20-16(19)13-3-4-15(22-8-2-5-17)14(11-13)12-18-6-9-21-10-7-18/h3-4,11H,2,5-10,12H2,1H3. The molecule has 0 saturated carbocycles. The summed E-state index contributed by atoms with van der Waals surface area (Å²) in [7, 11) is 1.39. The Kier molecular flexibility index (Phi) is 7.15. The fraction of sp³-hybridized carbons (Fsp3) is 0.562. The lowest BCUT2D eigenvalue weighted by Gasteiger charge is -2.27. The Morgan fingerprint density at radius 2 is 2.14 bits per heavy atom. The lowest BCUT2D eigenvalue weighted by Crippen LogP contribution is -2.35. The van der Waals surface area contributed by atoms with Crippen LogP contribution in [0.2, 0.25) is 0 Å². The number of methoxy groups -OCH3 is 1.